The van der Waals surface area contributed by atoms with Crippen molar-refractivity contribution >= 4 is 52.4 Å². The van der Waals surface area contributed by atoms with E-state index in [0.717, 1.165) is 5.52 Å². The van der Waals surface area contributed by atoms with Crippen molar-refractivity contribution in [2.24, 2.45) is 18.9 Å². The van der Waals surface area contributed by atoms with Gasteiger partial charge in [0.05, 0.1) is 29.4 Å². The van der Waals surface area contributed by atoms with Gasteiger partial charge in [0, 0.05) is 37.7 Å². The summed E-state index contributed by atoms with van der Waals surface area (Å²) in [6.07, 6.45) is 2.01. The highest BCUT2D eigenvalue weighted by atomic mass is 16.3. The molecule has 6 rings (SSSR count). The van der Waals surface area contributed by atoms with Crippen molar-refractivity contribution in [1.82, 2.24) is 46.4 Å². The third kappa shape index (κ3) is 10.1. The summed E-state index contributed by atoms with van der Waals surface area (Å²) in [6.45, 7) is 6.48. The van der Waals surface area contributed by atoms with Crippen LogP contribution in [-0.4, -0.2) is 116 Å². The van der Waals surface area contributed by atoms with E-state index in [0.29, 0.717) is 35.9 Å². The van der Waals surface area contributed by atoms with Gasteiger partial charge in [0.1, 0.15) is 30.2 Å². The van der Waals surface area contributed by atoms with E-state index in [9.17, 15) is 38.7 Å². The van der Waals surface area contributed by atoms with Crippen molar-refractivity contribution < 1.29 is 38.7 Å². The molecule has 2 saturated heterocycles. The van der Waals surface area contributed by atoms with Crippen LogP contribution in [0, 0.1) is 11.8 Å². The van der Waals surface area contributed by atoms with E-state index in [1.54, 1.807) is 54.9 Å². The smallest absolute Gasteiger partial charge is 0.251 e. The van der Waals surface area contributed by atoms with Crippen molar-refractivity contribution in [3.05, 3.63) is 66.0 Å². The van der Waals surface area contributed by atoms with Crippen LogP contribution in [0.4, 0.5) is 0 Å². The molecule has 0 spiro atoms. The molecule has 2 aliphatic heterocycles. The lowest BCUT2D eigenvalue weighted by atomic mass is 9.98. The molecule has 2 aromatic carbocycles. The number of amides is 7. The number of fused-ring (bicyclic) bond motifs is 3. The first kappa shape index (κ1) is 42.8. The molecule has 17 nitrogen and oxygen atoms in total. The predicted molar refractivity (Wildman–Crippen MR) is 216 cm³/mol. The maximum absolute atomic E-state index is 14.8. The van der Waals surface area contributed by atoms with Crippen LogP contribution in [0.25, 0.3) is 11.0 Å². The summed E-state index contributed by atoms with van der Waals surface area (Å²) in [7, 11) is 1.84. The van der Waals surface area contributed by atoms with Gasteiger partial charge in [-0.25, -0.2) is 4.98 Å². The fourth-order valence-corrected chi connectivity index (χ4v) is 8.26. The van der Waals surface area contributed by atoms with Crippen molar-refractivity contribution in [3.8, 4) is 0 Å². The molecule has 7 N–H and O–H groups in total. The van der Waals surface area contributed by atoms with E-state index in [1.165, 1.54) is 18.7 Å². The predicted octanol–water partition coefficient (Wildman–Crippen LogP) is 0.200. The molecule has 0 radical (unpaired) electrons. The van der Waals surface area contributed by atoms with Gasteiger partial charge >= 0.3 is 0 Å². The van der Waals surface area contributed by atoms with Gasteiger partial charge in [-0.2, -0.15) is 0 Å². The number of nitrogens with zero attached hydrogens (tertiary/aromatic N) is 3. The lowest BCUT2D eigenvalue weighted by Gasteiger charge is -2.31. The fourth-order valence-electron chi connectivity index (χ4n) is 8.26. The number of hydrogen-bond acceptors (Lipinski definition) is 9. The highest BCUT2D eigenvalue weighted by molar-refractivity contribution is 5.99. The number of carbonyl (C=O) groups is 7. The molecule has 1 saturated carbocycles. The number of rotatable bonds is 7. The van der Waals surface area contributed by atoms with Crippen molar-refractivity contribution in [1.29, 1.82) is 0 Å². The van der Waals surface area contributed by atoms with Gasteiger partial charge in [-0.3, -0.25) is 33.6 Å². The van der Waals surface area contributed by atoms with Gasteiger partial charge in [0.2, 0.25) is 35.4 Å². The molecule has 0 bridgehead atoms. The van der Waals surface area contributed by atoms with E-state index in [-0.39, 0.29) is 31.7 Å². The number of aryl methyl sites for hydroxylation is 1. The Balaban J connectivity index is 1.34. The van der Waals surface area contributed by atoms with E-state index in [2.05, 4.69) is 36.9 Å². The van der Waals surface area contributed by atoms with Gasteiger partial charge in [0.25, 0.3) is 5.91 Å². The number of benzene rings is 2. The lowest BCUT2D eigenvalue weighted by Crippen LogP contribution is -2.61. The molecule has 9 atom stereocenters. The normalized spacial score (nSPS) is 27.9. The maximum Gasteiger partial charge on any atom is 0.251 e. The summed E-state index contributed by atoms with van der Waals surface area (Å²) in [5, 5.41) is 27.6. The van der Waals surface area contributed by atoms with Crippen molar-refractivity contribution in [3.63, 3.8) is 0 Å². The van der Waals surface area contributed by atoms with Gasteiger partial charge in [-0.1, -0.05) is 50.6 Å². The third-order valence-electron chi connectivity index (χ3n) is 11.4. The maximum atomic E-state index is 14.8. The molecule has 7 amide bonds. The summed E-state index contributed by atoms with van der Waals surface area (Å²) in [6, 6.07) is 6.54. The van der Waals surface area contributed by atoms with Crippen LogP contribution in [0.3, 0.4) is 0 Å². The quantitative estimate of drug-likeness (QED) is 0.173. The second kappa shape index (κ2) is 18.4. The van der Waals surface area contributed by atoms with Crippen LogP contribution in [0.15, 0.2) is 54.9 Å². The number of nitrogens with one attached hydrogen (secondary N) is 6. The molecular weight excluding hydrogens is 759 g/mol. The monoisotopic (exact) mass is 813 g/mol. The molecule has 59 heavy (non-hydrogen) atoms. The van der Waals surface area contributed by atoms with Crippen LogP contribution in [0.1, 0.15) is 75.7 Å². The standard InChI is InChI=1S/C42H55N9O8/c1-22(2)16-31-39(56)49-35(24(4)52)41(58)48-32(17-25-10-7-6-8-11-25)42(59)51-20-27(45-37(54)26-14-15-33-30(18-26)43-21-50(33)5)19-34(51)40(57)44-23(3)36(53)46-29-13-9-12-28(29)38(55)47-31/h6-8,10-11,14-15,18,21-24,27-29,31-32,34-35,52H,9,12-13,16-17,19-20H2,1-5H3,(H,44,57)(H,45,54)(H,46,53)(H,47,55)(H,48,58)(H,49,56)/t23-,24+,27+,28+,29+,31-,32-,34?,35-/m0/s1. The molecular formula is C42H55N9O8. The number of aliphatic hydroxyl groups excluding tert-OH is 1. The van der Waals surface area contributed by atoms with Gasteiger partial charge in [-0.15, -0.1) is 0 Å². The van der Waals surface area contributed by atoms with Gasteiger partial charge < -0.3 is 46.5 Å². The zero-order chi connectivity index (χ0) is 42.5. The Labute approximate surface area is 342 Å². The lowest BCUT2D eigenvalue weighted by molar-refractivity contribution is -0.143. The van der Waals surface area contributed by atoms with Crippen molar-refractivity contribution in [2.45, 2.75) is 115 Å². The van der Waals surface area contributed by atoms with E-state index < -0.39 is 95.7 Å². The molecule has 3 aliphatic rings. The zero-order valence-corrected chi connectivity index (χ0v) is 34.1. The summed E-state index contributed by atoms with van der Waals surface area (Å²) >= 11 is 0. The summed E-state index contributed by atoms with van der Waals surface area (Å²) in [5.74, 6) is -4.98. The molecule has 1 aliphatic carbocycles. The Bertz CT molecular complexity index is 2070. The van der Waals surface area contributed by atoms with E-state index in [1.807, 2.05) is 25.5 Å². The number of aliphatic hydroxyl groups is 1. The average Bonchev–Trinajstić information content (AvgIpc) is 3.94. The first-order chi connectivity index (χ1) is 28.1. The Morgan fingerprint density at radius 3 is 2.31 bits per heavy atom. The molecule has 3 aromatic rings. The Morgan fingerprint density at radius 1 is 0.864 bits per heavy atom. The number of carbonyl (C=O) groups excluding carboxylic acids is 7. The van der Waals surface area contributed by atoms with Gasteiger partial charge in [-0.05, 0) is 69.2 Å². The summed E-state index contributed by atoms with van der Waals surface area (Å²) in [4.78, 5) is 103. The van der Waals surface area contributed by atoms with Crippen LogP contribution in [0.2, 0.25) is 0 Å². The minimum atomic E-state index is -1.53. The van der Waals surface area contributed by atoms with E-state index >= 15 is 0 Å². The van der Waals surface area contributed by atoms with Crippen LogP contribution in [0.5, 0.6) is 0 Å². The highest BCUT2D eigenvalue weighted by Crippen LogP contribution is 2.27. The average molecular weight is 814 g/mol. The zero-order valence-electron chi connectivity index (χ0n) is 34.1. The Kier molecular flexibility index (Phi) is 13.3. The molecule has 3 fully saturated rings. The van der Waals surface area contributed by atoms with Crippen LogP contribution >= 0.6 is 0 Å². The molecule has 1 aromatic heterocycles. The number of aromatic nitrogens is 2. The molecule has 3 heterocycles. The topological polar surface area (TPSA) is 233 Å². The molecule has 1 unspecified atom stereocenters. The van der Waals surface area contributed by atoms with Gasteiger partial charge in [0.15, 0.2) is 0 Å². The number of hydrogen-bond donors (Lipinski definition) is 7. The Morgan fingerprint density at radius 2 is 1.59 bits per heavy atom. The molecule has 316 valence electrons. The SMILES string of the molecule is CC(C)C[C@@H]1NC(=O)[C@@H]2CCC[C@H]2NC(=O)[C@H](C)NC(=O)C2C[C@@H](NC(=O)c3ccc4c(c3)ncn4C)CN2C(=O)[C@H](Cc2ccccc2)NC(=O)[C@H]([C@@H](C)O)NC1=O. The first-order valence-corrected chi connectivity index (χ1v) is 20.4. The van der Waals surface area contributed by atoms with Crippen molar-refractivity contribution in [2.75, 3.05) is 6.54 Å². The molecule has 17 heteroatoms. The third-order valence-corrected chi connectivity index (χ3v) is 11.4. The first-order valence-electron chi connectivity index (χ1n) is 20.4. The Hall–Kier alpha value is -5.84. The minimum Gasteiger partial charge on any atom is -0.391 e. The number of imidazole rings is 1. The second-order valence-corrected chi connectivity index (χ2v) is 16.5. The fraction of sp³-hybridized carbons (Fsp3) is 0.524. The largest absolute Gasteiger partial charge is 0.391 e. The summed E-state index contributed by atoms with van der Waals surface area (Å²) < 4.78 is 1.82. The minimum absolute atomic E-state index is 0.00997. The van der Waals surface area contributed by atoms with E-state index in [4.69, 9.17) is 0 Å². The van der Waals surface area contributed by atoms with Crippen LogP contribution < -0.4 is 31.9 Å². The summed E-state index contributed by atoms with van der Waals surface area (Å²) in [5.41, 5.74) is 2.45. The highest BCUT2D eigenvalue weighted by Gasteiger charge is 2.45. The van der Waals surface area contributed by atoms with Crippen LogP contribution in [-0.2, 0) is 42.2 Å². The second-order valence-electron chi connectivity index (χ2n) is 16.5.